The average molecular weight is 1010 g/mol. The van der Waals surface area contributed by atoms with Crippen molar-refractivity contribution < 1.29 is 57.2 Å². The molecule has 3 heterocycles. The Kier molecular flexibility index (Phi) is 23.7. The van der Waals surface area contributed by atoms with Crippen LogP contribution in [0, 0.1) is 5.92 Å². The molecule has 0 radical (unpaired) electrons. The Balaban J connectivity index is 2.01. The molecule has 2 aliphatic rings. The van der Waals surface area contributed by atoms with Gasteiger partial charge in [-0.05, 0) is 50.3 Å². The van der Waals surface area contributed by atoms with Gasteiger partial charge in [0, 0.05) is 30.5 Å². The summed E-state index contributed by atoms with van der Waals surface area (Å²) in [5, 5.41) is 20.8. The van der Waals surface area contributed by atoms with Crippen molar-refractivity contribution in [2.45, 2.75) is 133 Å². The number of hydrogen-bond acceptors (Lipinski definition) is 16. The molecule has 0 aliphatic carbocycles. The zero-order valence-electron chi connectivity index (χ0n) is 39.2. The van der Waals surface area contributed by atoms with Crippen molar-refractivity contribution in [2.24, 2.45) is 28.9 Å². The number of nitrogens with two attached hydrogens (primary N) is 4. The van der Waals surface area contributed by atoms with Gasteiger partial charge >= 0.3 is 0 Å². The fourth-order valence-corrected chi connectivity index (χ4v) is 9.50. The van der Waals surface area contributed by atoms with Crippen LogP contribution in [0.1, 0.15) is 78.4 Å². The van der Waals surface area contributed by atoms with E-state index in [2.05, 4.69) is 42.5 Å². The third kappa shape index (κ3) is 19.2. The van der Waals surface area contributed by atoms with E-state index in [1.807, 2.05) is 13.8 Å². The first kappa shape index (κ1) is 57.4. The molecule has 25 nitrogen and oxygen atoms in total. The Morgan fingerprint density at radius 3 is 2.01 bits per heavy atom. The molecule has 3 rings (SSSR count). The van der Waals surface area contributed by atoms with E-state index in [9.17, 15) is 52.7 Å². The summed E-state index contributed by atoms with van der Waals surface area (Å²) in [5.74, 6) is -10.4. The lowest BCUT2D eigenvalue weighted by atomic mass is 9.96. The van der Waals surface area contributed by atoms with Gasteiger partial charge < -0.3 is 74.8 Å². The standard InChI is InChI=1S/C42H67N13O12S2/c1-5-22(4)34-41(65)52-28(17-32(45)57)37(61)51-27(16-31(44)56)38(62)53-29(20-69-68-19-24(43)35(59)50-26(39(63)54-34)15-23-9-8-14-67-23)42(66)55-13-7-11-30(55)40(64)49-25(10-6-12-47-21(2)3)36(60)48-18-33(46)58/h8-9,14,21-22,24-30,34,47H,5-7,10-13,15-20,43H2,1-4H3,(H2,44,56)(H2,45,57)(H2,46,58)(H,48,60)(H,49,64)(H,50,59)(H,51,61)(H,52,65)(H,53,62)(H,54,63)/t22-,24-,25-,26-,27-,28-,29-,30-,34-/m0/s1. The third-order valence-corrected chi connectivity index (χ3v) is 13.6. The second-order valence-electron chi connectivity index (χ2n) is 17.1. The van der Waals surface area contributed by atoms with Crippen LogP contribution < -0.4 is 65.5 Å². The van der Waals surface area contributed by atoms with Crippen LogP contribution in [0.3, 0.4) is 0 Å². The summed E-state index contributed by atoms with van der Waals surface area (Å²) in [5.41, 5.74) is 22.5. The van der Waals surface area contributed by atoms with Crippen LogP contribution in [0.4, 0.5) is 0 Å². The Morgan fingerprint density at radius 2 is 1.42 bits per heavy atom. The van der Waals surface area contributed by atoms with Crippen molar-refractivity contribution in [3.63, 3.8) is 0 Å². The lowest BCUT2D eigenvalue weighted by molar-refractivity contribution is -0.142. The maximum Gasteiger partial charge on any atom is 0.246 e. The highest BCUT2D eigenvalue weighted by atomic mass is 33.1. The maximum atomic E-state index is 14.5. The molecule has 69 heavy (non-hydrogen) atoms. The van der Waals surface area contributed by atoms with E-state index in [1.54, 1.807) is 26.0 Å². The van der Waals surface area contributed by atoms with Gasteiger partial charge in [0.15, 0.2) is 0 Å². The molecular weight excluding hydrogens is 943 g/mol. The van der Waals surface area contributed by atoms with Crippen LogP contribution in [-0.2, 0) is 59.2 Å². The second-order valence-corrected chi connectivity index (χ2v) is 19.7. The van der Waals surface area contributed by atoms with Gasteiger partial charge in [0.2, 0.25) is 65.0 Å². The van der Waals surface area contributed by atoms with Gasteiger partial charge in [0.05, 0.1) is 31.7 Å². The normalized spacial score (nSPS) is 24.3. The fraction of sp³-hybridized carbons (Fsp3) is 0.643. The van der Waals surface area contributed by atoms with Crippen molar-refractivity contribution in [3.8, 4) is 0 Å². The zero-order valence-corrected chi connectivity index (χ0v) is 40.8. The van der Waals surface area contributed by atoms with Crippen LogP contribution in [0.25, 0.3) is 0 Å². The number of nitrogens with zero attached hydrogens (tertiary/aromatic N) is 1. The van der Waals surface area contributed by atoms with E-state index in [-0.39, 0.29) is 43.4 Å². The highest BCUT2D eigenvalue weighted by molar-refractivity contribution is 8.76. The minimum Gasteiger partial charge on any atom is -0.469 e. The van der Waals surface area contributed by atoms with E-state index in [4.69, 9.17) is 27.4 Å². The second kappa shape index (κ2) is 28.5. The number of nitrogens with one attached hydrogen (secondary N) is 8. The number of carbonyl (C=O) groups is 11. The van der Waals surface area contributed by atoms with Crippen LogP contribution in [0.2, 0.25) is 0 Å². The Labute approximate surface area is 407 Å². The highest BCUT2D eigenvalue weighted by Crippen LogP contribution is 2.26. The van der Waals surface area contributed by atoms with Crippen LogP contribution in [0.5, 0.6) is 0 Å². The van der Waals surface area contributed by atoms with Gasteiger partial charge in [-0.1, -0.05) is 55.7 Å². The molecule has 2 fully saturated rings. The summed E-state index contributed by atoms with van der Waals surface area (Å²) in [6, 6.07) is -7.85. The SMILES string of the molecule is CC[C@H](C)[C@@H]1NC(=O)[C@H](Cc2ccco2)NC(=O)[C@@H](N)CSSC[C@@H](C(=O)N2CCC[C@H]2C(=O)N[C@@H](CCCNC(C)C)C(=O)NCC(N)=O)NC(=O)[C@H](CC(N)=O)NC(=O)[C@H](CC(N)=O)NC1=O. The average Bonchev–Trinajstić information content (AvgIpc) is 4.00. The van der Waals surface area contributed by atoms with E-state index in [1.165, 1.54) is 11.2 Å². The number of likely N-dealkylation sites (tertiary alicyclic amines) is 1. The van der Waals surface area contributed by atoms with Gasteiger partial charge in [-0.25, -0.2) is 0 Å². The quantitative estimate of drug-likeness (QED) is 0.0460. The van der Waals surface area contributed by atoms with Crippen LogP contribution in [-0.4, -0.2) is 155 Å². The predicted octanol–water partition coefficient (Wildman–Crippen LogP) is -4.38. The van der Waals surface area contributed by atoms with Gasteiger partial charge in [-0.2, -0.15) is 0 Å². The van der Waals surface area contributed by atoms with Gasteiger partial charge in [0.1, 0.15) is 48.1 Å². The lowest BCUT2D eigenvalue weighted by Crippen LogP contribution is -2.62. The van der Waals surface area contributed by atoms with Gasteiger partial charge in [0.25, 0.3) is 0 Å². The van der Waals surface area contributed by atoms with Gasteiger partial charge in [-0.3, -0.25) is 52.7 Å². The van der Waals surface area contributed by atoms with E-state index >= 15 is 0 Å². The number of amides is 11. The molecule has 11 amide bonds. The van der Waals surface area contributed by atoms with Crippen molar-refractivity contribution in [3.05, 3.63) is 24.2 Å². The number of rotatable bonds is 19. The first-order valence-electron chi connectivity index (χ1n) is 22.6. The topological polar surface area (TPSA) is 404 Å². The first-order valence-corrected chi connectivity index (χ1v) is 25.1. The van der Waals surface area contributed by atoms with Crippen molar-refractivity contribution >= 4 is 86.6 Å². The number of furan rings is 1. The summed E-state index contributed by atoms with van der Waals surface area (Å²) < 4.78 is 5.42. The molecule has 2 saturated heterocycles. The molecule has 384 valence electrons. The van der Waals surface area contributed by atoms with Crippen molar-refractivity contribution in [2.75, 3.05) is 31.1 Å². The van der Waals surface area contributed by atoms with Crippen LogP contribution in [0.15, 0.2) is 22.8 Å². The molecule has 1 aromatic rings. The van der Waals surface area contributed by atoms with E-state index in [0.717, 1.165) is 21.6 Å². The van der Waals surface area contributed by atoms with E-state index in [0.29, 0.717) is 31.6 Å². The number of hydrogen-bond donors (Lipinski definition) is 12. The maximum absolute atomic E-state index is 14.5. The summed E-state index contributed by atoms with van der Waals surface area (Å²) in [6.45, 7) is 7.32. The van der Waals surface area contributed by atoms with Crippen LogP contribution >= 0.6 is 21.6 Å². The largest absolute Gasteiger partial charge is 0.469 e. The van der Waals surface area contributed by atoms with Gasteiger partial charge in [-0.15, -0.1) is 0 Å². The van der Waals surface area contributed by atoms with Crippen molar-refractivity contribution in [1.29, 1.82) is 0 Å². The Hall–Kier alpha value is -5.93. The molecular formula is C42H67N13O12S2. The van der Waals surface area contributed by atoms with Crippen molar-refractivity contribution in [1.82, 2.24) is 47.4 Å². The Bertz CT molecular complexity index is 1990. The molecule has 0 bridgehead atoms. The summed E-state index contributed by atoms with van der Waals surface area (Å²) >= 11 is 0. The molecule has 27 heteroatoms. The highest BCUT2D eigenvalue weighted by Gasteiger charge is 2.41. The molecule has 0 spiro atoms. The Morgan fingerprint density at radius 1 is 0.812 bits per heavy atom. The minimum absolute atomic E-state index is 0.0450. The summed E-state index contributed by atoms with van der Waals surface area (Å²) in [6.07, 6.45) is 1.06. The molecule has 2 aliphatic heterocycles. The lowest BCUT2D eigenvalue weighted by Gasteiger charge is -2.31. The summed E-state index contributed by atoms with van der Waals surface area (Å²) in [7, 11) is 2.05. The molecule has 0 unspecified atom stereocenters. The molecule has 9 atom stereocenters. The zero-order chi connectivity index (χ0) is 51.4. The third-order valence-electron chi connectivity index (χ3n) is 11.1. The monoisotopic (exact) mass is 1010 g/mol. The molecule has 16 N–H and O–H groups in total. The molecule has 1 aromatic heterocycles. The molecule has 0 aromatic carbocycles. The first-order chi connectivity index (χ1) is 32.6. The minimum atomic E-state index is -1.78. The number of primary amides is 3. The summed E-state index contributed by atoms with van der Waals surface area (Å²) in [4.78, 5) is 148. The molecule has 0 saturated carbocycles. The predicted molar refractivity (Wildman–Crippen MR) is 253 cm³/mol. The smallest absolute Gasteiger partial charge is 0.246 e. The fourth-order valence-electron chi connectivity index (χ4n) is 7.22. The number of carbonyl (C=O) groups excluding carboxylic acids is 11. The van der Waals surface area contributed by atoms with E-state index < -0.39 is 139 Å².